The molecule has 7 nitrogen and oxygen atoms in total. The van der Waals surface area contributed by atoms with Crippen molar-refractivity contribution in [3.05, 3.63) is 48.4 Å². The molecule has 1 aliphatic rings. The van der Waals surface area contributed by atoms with Crippen LogP contribution in [-0.2, 0) is 17.8 Å². The van der Waals surface area contributed by atoms with Gasteiger partial charge in [0.05, 0.1) is 12.2 Å². The number of morpholine rings is 1. The van der Waals surface area contributed by atoms with Crippen LogP contribution in [0.25, 0.3) is 0 Å². The minimum Gasteiger partial charge on any atom is -0.372 e. The fourth-order valence-electron chi connectivity index (χ4n) is 3.30. The number of ether oxygens (including phenoxy) is 1. The van der Waals surface area contributed by atoms with Gasteiger partial charge in [-0.05, 0) is 37.6 Å². The first-order chi connectivity index (χ1) is 13.1. The van der Waals surface area contributed by atoms with Gasteiger partial charge in [-0.25, -0.2) is 4.98 Å². The molecule has 3 rings (SSSR count). The Labute approximate surface area is 184 Å². The van der Waals surface area contributed by atoms with E-state index in [1.165, 1.54) is 0 Å². The Bertz CT molecular complexity index is 709. The molecule has 2 unspecified atom stereocenters. The van der Waals surface area contributed by atoms with E-state index < -0.39 is 0 Å². The SMILES string of the molecule is CN=C(NCCn1cccc1)NCc1ccc(N2CC(C)OC(C)C2)nc1.I. The molecule has 0 bridgehead atoms. The average Bonchev–Trinajstić information content (AvgIpc) is 3.17. The lowest BCUT2D eigenvalue weighted by atomic mass is 10.2. The molecular weight excluding hydrogens is 467 g/mol. The van der Waals surface area contributed by atoms with Crippen molar-refractivity contribution in [2.24, 2.45) is 4.99 Å². The maximum atomic E-state index is 5.79. The van der Waals surface area contributed by atoms with E-state index in [0.717, 1.165) is 43.5 Å². The minimum atomic E-state index is 0. The Morgan fingerprint density at radius 2 is 1.89 bits per heavy atom. The normalized spacial score (nSPS) is 19.8. The average molecular weight is 498 g/mol. The van der Waals surface area contributed by atoms with Gasteiger partial charge in [-0.1, -0.05) is 6.07 Å². The number of hydrogen-bond acceptors (Lipinski definition) is 4. The molecular formula is C20H31IN6O. The first kappa shape index (κ1) is 22.5. The molecule has 0 aromatic carbocycles. The van der Waals surface area contributed by atoms with E-state index in [1.54, 1.807) is 7.05 Å². The maximum Gasteiger partial charge on any atom is 0.191 e. The number of rotatable bonds is 6. The number of guanidine groups is 1. The van der Waals surface area contributed by atoms with Crippen molar-refractivity contribution in [2.45, 2.75) is 39.1 Å². The highest BCUT2D eigenvalue weighted by molar-refractivity contribution is 14.0. The highest BCUT2D eigenvalue weighted by Gasteiger charge is 2.22. The van der Waals surface area contributed by atoms with Gasteiger partial charge in [-0.2, -0.15) is 0 Å². The number of aromatic nitrogens is 2. The smallest absolute Gasteiger partial charge is 0.191 e. The van der Waals surface area contributed by atoms with E-state index in [2.05, 4.69) is 68.5 Å². The van der Waals surface area contributed by atoms with Crippen LogP contribution < -0.4 is 15.5 Å². The third kappa shape index (κ3) is 6.66. The molecule has 8 heteroatoms. The van der Waals surface area contributed by atoms with Gasteiger partial charge in [-0.15, -0.1) is 24.0 Å². The monoisotopic (exact) mass is 498 g/mol. The molecule has 0 spiro atoms. The summed E-state index contributed by atoms with van der Waals surface area (Å²) in [5.74, 6) is 1.80. The zero-order chi connectivity index (χ0) is 19.1. The van der Waals surface area contributed by atoms with Crippen LogP contribution in [-0.4, -0.2) is 54.4 Å². The molecule has 0 amide bonds. The van der Waals surface area contributed by atoms with Crippen LogP contribution in [0, 0.1) is 0 Å². The molecule has 2 aromatic rings. The van der Waals surface area contributed by atoms with Crippen LogP contribution in [0.3, 0.4) is 0 Å². The molecule has 0 aliphatic carbocycles. The number of anilines is 1. The van der Waals surface area contributed by atoms with Crippen molar-refractivity contribution in [2.75, 3.05) is 31.6 Å². The zero-order valence-electron chi connectivity index (χ0n) is 16.8. The van der Waals surface area contributed by atoms with E-state index in [-0.39, 0.29) is 36.2 Å². The summed E-state index contributed by atoms with van der Waals surface area (Å²) < 4.78 is 7.93. The van der Waals surface area contributed by atoms with Crippen molar-refractivity contribution in [3.63, 3.8) is 0 Å². The van der Waals surface area contributed by atoms with Gasteiger partial charge in [0.1, 0.15) is 5.82 Å². The predicted molar refractivity (Wildman–Crippen MR) is 125 cm³/mol. The molecule has 2 aromatic heterocycles. The van der Waals surface area contributed by atoms with Gasteiger partial charge in [0.15, 0.2) is 5.96 Å². The lowest BCUT2D eigenvalue weighted by Crippen LogP contribution is -2.45. The van der Waals surface area contributed by atoms with Crippen LogP contribution in [0.1, 0.15) is 19.4 Å². The van der Waals surface area contributed by atoms with Gasteiger partial charge in [0.2, 0.25) is 0 Å². The Balaban J connectivity index is 0.00000280. The van der Waals surface area contributed by atoms with E-state index in [0.29, 0.717) is 6.54 Å². The van der Waals surface area contributed by atoms with Crippen LogP contribution in [0.5, 0.6) is 0 Å². The highest BCUT2D eigenvalue weighted by Crippen LogP contribution is 2.18. The van der Waals surface area contributed by atoms with Crippen LogP contribution >= 0.6 is 24.0 Å². The largest absolute Gasteiger partial charge is 0.372 e. The number of aliphatic imine (C=N–C) groups is 1. The van der Waals surface area contributed by atoms with E-state index in [1.807, 2.05) is 18.3 Å². The standard InChI is InChI=1S/C20H30N6O.HI/c1-16-14-26(15-17(2)27-16)19-7-6-18(12-23-19)13-24-20(21-3)22-8-11-25-9-4-5-10-25;/h4-7,9-10,12,16-17H,8,11,13-15H2,1-3H3,(H2,21,22,24);1H. The summed E-state index contributed by atoms with van der Waals surface area (Å²) in [6, 6.07) is 8.27. The number of hydrogen-bond donors (Lipinski definition) is 2. The molecule has 3 heterocycles. The zero-order valence-corrected chi connectivity index (χ0v) is 19.2. The van der Waals surface area contributed by atoms with Crippen molar-refractivity contribution < 1.29 is 4.74 Å². The fraction of sp³-hybridized carbons (Fsp3) is 0.500. The van der Waals surface area contributed by atoms with E-state index >= 15 is 0 Å². The Hall–Kier alpha value is -1.81. The van der Waals surface area contributed by atoms with Gasteiger partial charge < -0.3 is 24.8 Å². The summed E-state index contributed by atoms with van der Waals surface area (Å²) in [7, 11) is 1.78. The third-order valence-corrected chi connectivity index (χ3v) is 4.56. The summed E-state index contributed by atoms with van der Waals surface area (Å²) in [6.45, 7) is 8.39. The van der Waals surface area contributed by atoms with Crippen molar-refractivity contribution >= 4 is 35.8 Å². The minimum absolute atomic E-state index is 0. The number of pyridine rings is 1. The second-order valence-corrected chi connectivity index (χ2v) is 6.96. The molecule has 1 fully saturated rings. The van der Waals surface area contributed by atoms with Crippen LogP contribution in [0.2, 0.25) is 0 Å². The van der Waals surface area contributed by atoms with E-state index in [9.17, 15) is 0 Å². The van der Waals surface area contributed by atoms with Gasteiger partial charge in [0.25, 0.3) is 0 Å². The summed E-state index contributed by atoms with van der Waals surface area (Å²) in [5.41, 5.74) is 1.13. The molecule has 0 radical (unpaired) electrons. The molecule has 154 valence electrons. The molecule has 2 N–H and O–H groups in total. The molecule has 2 atom stereocenters. The topological polar surface area (TPSA) is 66.7 Å². The van der Waals surface area contributed by atoms with Gasteiger partial charge in [-0.3, -0.25) is 4.99 Å². The Kier molecular flexibility index (Phi) is 9.04. The second-order valence-electron chi connectivity index (χ2n) is 6.96. The quantitative estimate of drug-likeness (QED) is 0.364. The van der Waals surface area contributed by atoms with Crippen molar-refractivity contribution in [1.29, 1.82) is 0 Å². The van der Waals surface area contributed by atoms with Crippen LogP contribution in [0.15, 0.2) is 47.8 Å². The second kappa shape index (κ2) is 11.3. The number of nitrogens with zero attached hydrogens (tertiary/aromatic N) is 4. The van der Waals surface area contributed by atoms with Crippen molar-refractivity contribution in [3.8, 4) is 0 Å². The molecule has 1 aliphatic heterocycles. The first-order valence-electron chi connectivity index (χ1n) is 9.54. The van der Waals surface area contributed by atoms with E-state index in [4.69, 9.17) is 4.74 Å². The molecule has 1 saturated heterocycles. The first-order valence-corrected chi connectivity index (χ1v) is 9.54. The highest BCUT2D eigenvalue weighted by atomic mass is 127. The Morgan fingerprint density at radius 3 is 2.50 bits per heavy atom. The van der Waals surface area contributed by atoms with Gasteiger partial charge in [0, 0.05) is 58.4 Å². The number of halogens is 1. The third-order valence-electron chi connectivity index (χ3n) is 4.56. The summed E-state index contributed by atoms with van der Waals surface area (Å²) in [4.78, 5) is 11.2. The fourth-order valence-corrected chi connectivity index (χ4v) is 3.30. The maximum absolute atomic E-state index is 5.79. The number of nitrogens with one attached hydrogen (secondary N) is 2. The van der Waals surface area contributed by atoms with Crippen molar-refractivity contribution in [1.82, 2.24) is 20.2 Å². The van der Waals surface area contributed by atoms with Crippen LogP contribution in [0.4, 0.5) is 5.82 Å². The summed E-state index contributed by atoms with van der Waals surface area (Å²) >= 11 is 0. The molecule has 28 heavy (non-hydrogen) atoms. The summed E-state index contributed by atoms with van der Waals surface area (Å²) in [6.07, 6.45) is 6.51. The molecule has 0 saturated carbocycles. The summed E-state index contributed by atoms with van der Waals surface area (Å²) in [5, 5.41) is 6.66. The van der Waals surface area contributed by atoms with Gasteiger partial charge >= 0.3 is 0 Å². The lowest BCUT2D eigenvalue weighted by Gasteiger charge is -2.36. The predicted octanol–water partition coefficient (Wildman–Crippen LogP) is 2.48. The Morgan fingerprint density at radius 1 is 1.18 bits per heavy atom. The lowest BCUT2D eigenvalue weighted by molar-refractivity contribution is -0.00545.